The van der Waals surface area contributed by atoms with E-state index in [-0.39, 0.29) is 17.5 Å². The van der Waals surface area contributed by atoms with E-state index in [4.69, 9.17) is 0 Å². The van der Waals surface area contributed by atoms with Gasteiger partial charge in [-0.2, -0.15) is 0 Å². The molecule has 1 heterocycles. The van der Waals surface area contributed by atoms with Crippen LogP contribution in [0.5, 0.6) is 0 Å². The fourth-order valence-corrected chi connectivity index (χ4v) is 2.32. The van der Waals surface area contributed by atoms with Crippen molar-refractivity contribution in [3.05, 3.63) is 32.3 Å². The number of nitro benzene ring substituents is 1. The van der Waals surface area contributed by atoms with Gasteiger partial charge < -0.3 is 5.32 Å². The van der Waals surface area contributed by atoms with Crippen molar-refractivity contribution in [3.63, 3.8) is 0 Å². The topological polar surface area (TPSA) is 72.2 Å². The van der Waals surface area contributed by atoms with Crippen LogP contribution in [0.1, 0.15) is 24.8 Å². The van der Waals surface area contributed by atoms with Gasteiger partial charge in [-0.3, -0.25) is 14.9 Å². The Labute approximate surface area is 100 Å². The fraction of sp³-hybridized carbons (Fsp3) is 0.300. The van der Waals surface area contributed by atoms with Crippen molar-refractivity contribution in [2.24, 2.45) is 0 Å². The molecule has 1 aromatic carbocycles. The smallest absolute Gasteiger partial charge is 0.294 e. The summed E-state index contributed by atoms with van der Waals surface area (Å²) in [6, 6.07) is 3.21. The zero-order valence-corrected chi connectivity index (χ0v) is 10.1. The van der Waals surface area contributed by atoms with Gasteiger partial charge in [-0.05, 0) is 17.5 Å². The van der Waals surface area contributed by atoms with Crippen molar-refractivity contribution in [2.75, 3.05) is 5.32 Å². The maximum absolute atomic E-state index is 11.4. The maximum atomic E-state index is 11.4. The highest BCUT2D eigenvalue weighted by atomic mass is 79.9. The molecule has 1 amide bonds. The molecule has 0 spiro atoms. The molecule has 0 fully saturated rings. The highest BCUT2D eigenvalue weighted by molar-refractivity contribution is 9.10. The molecule has 1 aliphatic heterocycles. The van der Waals surface area contributed by atoms with E-state index in [0.29, 0.717) is 16.6 Å². The van der Waals surface area contributed by atoms with Crippen molar-refractivity contribution >= 4 is 33.2 Å². The standard InChI is InChI=1S/C10H9BrN2O3/c1-5-2-9(14)12-10-7(5)3-6(11)4-8(10)13(15)16/h3-5H,2H2,1H3,(H,12,14). The first-order valence-electron chi connectivity index (χ1n) is 4.76. The Balaban J connectivity index is 2.65. The molecule has 5 nitrogen and oxygen atoms in total. The molecule has 1 aliphatic rings. The van der Waals surface area contributed by atoms with E-state index in [0.717, 1.165) is 5.56 Å². The van der Waals surface area contributed by atoms with Gasteiger partial charge in [-0.15, -0.1) is 0 Å². The van der Waals surface area contributed by atoms with Gasteiger partial charge in [0.2, 0.25) is 5.91 Å². The van der Waals surface area contributed by atoms with Crippen molar-refractivity contribution < 1.29 is 9.72 Å². The molecule has 0 saturated heterocycles. The van der Waals surface area contributed by atoms with Crippen LogP contribution in [0.15, 0.2) is 16.6 Å². The van der Waals surface area contributed by atoms with Crippen LogP contribution in [0.4, 0.5) is 11.4 Å². The average Bonchev–Trinajstić information content (AvgIpc) is 2.18. The summed E-state index contributed by atoms with van der Waals surface area (Å²) in [5.74, 6) is -0.176. The Morgan fingerprint density at radius 1 is 1.56 bits per heavy atom. The number of nitrogens with one attached hydrogen (secondary N) is 1. The van der Waals surface area contributed by atoms with Crippen LogP contribution in [0.3, 0.4) is 0 Å². The van der Waals surface area contributed by atoms with E-state index >= 15 is 0 Å². The number of carbonyl (C=O) groups is 1. The van der Waals surface area contributed by atoms with Crippen LogP contribution < -0.4 is 5.32 Å². The van der Waals surface area contributed by atoms with Gasteiger partial charge in [0.25, 0.3) is 5.69 Å². The number of fused-ring (bicyclic) bond motifs is 1. The molecular weight excluding hydrogens is 276 g/mol. The molecule has 1 atom stereocenters. The number of amides is 1. The zero-order chi connectivity index (χ0) is 11.9. The first-order chi connectivity index (χ1) is 7.49. The lowest BCUT2D eigenvalue weighted by Gasteiger charge is -2.22. The van der Waals surface area contributed by atoms with Crippen LogP contribution in [0, 0.1) is 10.1 Å². The Morgan fingerprint density at radius 2 is 2.25 bits per heavy atom. The van der Waals surface area contributed by atoms with Gasteiger partial charge in [0.05, 0.1) is 4.92 Å². The van der Waals surface area contributed by atoms with Gasteiger partial charge in [0, 0.05) is 17.0 Å². The summed E-state index contributed by atoms with van der Waals surface area (Å²) in [5.41, 5.74) is 1.07. The Kier molecular flexibility index (Phi) is 2.67. The minimum atomic E-state index is -0.484. The molecular formula is C10H9BrN2O3. The van der Waals surface area contributed by atoms with Crippen LogP contribution in [0.2, 0.25) is 0 Å². The zero-order valence-electron chi connectivity index (χ0n) is 8.49. The Morgan fingerprint density at radius 3 is 2.88 bits per heavy atom. The molecule has 0 saturated carbocycles. The molecule has 2 rings (SSSR count). The molecule has 84 valence electrons. The maximum Gasteiger partial charge on any atom is 0.294 e. The summed E-state index contributed by atoms with van der Waals surface area (Å²) in [4.78, 5) is 21.7. The number of nitrogens with zero attached hydrogens (tertiary/aromatic N) is 1. The van der Waals surface area contributed by atoms with Gasteiger partial charge in [0.15, 0.2) is 0 Å². The average molecular weight is 285 g/mol. The third-order valence-corrected chi connectivity index (χ3v) is 3.05. The summed E-state index contributed by atoms with van der Waals surface area (Å²) in [5, 5.41) is 13.4. The second-order valence-corrected chi connectivity index (χ2v) is 4.72. The summed E-state index contributed by atoms with van der Waals surface area (Å²) in [6.45, 7) is 1.88. The third kappa shape index (κ3) is 1.80. The highest BCUT2D eigenvalue weighted by Gasteiger charge is 2.28. The van der Waals surface area contributed by atoms with E-state index in [1.807, 2.05) is 13.0 Å². The van der Waals surface area contributed by atoms with E-state index in [1.165, 1.54) is 6.07 Å². The molecule has 1 N–H and O–H groups in total. The summed E-state index contributed by atoms with van der Waals surface area (Å²) in [7, 11) is 0. The molecule has 0 bridgehead atoms. The van der Waals surface area contributed by atoms with Crippen molar-refractivity contribution in [1.29, 1.82) is 0 Å². The molecule has 16 heavy (non-hydrogen) atoms. The first kappa shape index (κ1) is 11.1. The van der Waals surface area contributed by atoms with E-state index in [1.54, 1.807) is 0 Å². The highest BCUT2D eigenvalue weighted by Crippen LogP contribution is 2.40. The Hall–Kier alpha value is -1.43. The molecule has 0 aliphatic carbocycles. The number of hydrogen-bond acceptors (Lipinski definition) is 3. The molecule has 6 heteroatoms. The van der Waals surface area contributed by atoms with Gasteiger partial charge in [-0.1, -0.05) is 22.9 Å². The summed E-state index contributed by atoms with van der Waals surface area (Å²) >= 11 is 3.24. The van der Waals surface area contributed by atoms with E-state index in [2.05, 4.69) is 21.2 Å². The summed E-state index contributed by atoms with van der Waals surface area (Å²) < 4.78 is 0.654. The second kappa shape index (κ2) is 3.86. The Bertz CT molecular complexity index is 487. The van der Waals surface area contributed by atoms with Crippen LogP contribution >= 0.6 is 15.9 Å². The van der Waals surface area contributed by atoms with Gasteiger partial charge in [-0.25, -0.2) is 0 Å². The van der Waals surface area contributed by atoms with Gasteiger partial charge in [0.1, 0.15) is 5.69 Å². The predicted molar refractivity (Wildman–Crippen MR) is 62.5 cm³/mol. The normalized spacial score (nSPS) is 18.9. The SMILES string of the molecule is CC1CC(=O)Nc2c1cc(Br)cc2[N+](=O)[O-]. The molecule has 1 unspecified atom stereocenters. The quantitative estimate of drug-likeness (QED) is 0.637. The summed E-state index contributed by atoms with van der Waals surface area (Å²) in [6.07, 6.45) is 0.362. The first-order valence-corrected chi connectivity index (χ1v) is 5.56. The van der Waals surface area contributed by atoms with E-state index < -0.39 is 4.92 Å². The number of rotatable bonds is 1. The second-order valence-electron chi connectivity index (χ2n) is 3.80. The predicted octanol–water partition coefficient (Wildman–Crippen LogP) is 2.80. The number of benzene rings is 1. The third-order valence-electron chi connectivity index (χ3n) is 2.60. The minimum Gasteiger partial charge on any atom is -0.320 e. The number of halogens is 1. The van der Waals surface area contributed by atoms with Gasteiger partial charge >= 0.3 is 0 Å². The number of anilines is 1. The van der Waals surface area contributed by atoms with Crippen molar-refractivity contribution in [2.45, 2.75) is 19.3 Å². The van der Waals surface area contributed by atoms with Crippen molar-refractivity contribution in [1.82, 2.24) is 0 Å². The lowest BCUT2D eigenvalue weighted by molar-refractivity contribution is -0.384. The minimum absolute atomic E-state index is 0.0000463. The number of nitro groups is 1. The largest absolute Gasteiger partial charge is 0.320 e. The number of carbonyl (C=O) groups excluding carboxylic acids is 1. The van der Waals surface area contributed by atoms with E-state index in [9.17, 15) is 14.9 Å². The molecule has 1 aromatic rings. The molecule has 0 aromatic heterocycles. The molecule has 0 radical (unpaired) electrons. The van der Waals surface area contributed by atoms with Crippen LogP contribution in [0.25, 0.3) is 0 Å². The fourth-order valence-electron chi connectivity index (χ4n) is 1.86. The van der Waals surface area contributed by atoms with Crippen LogP contribution in [-0.2, 0) is 4.79 Å². The van der Waals surface area contributed by atoms with Crippen molar-refractivity contribution in [3.8, 4) is 0 Å². The number of hydrogen-bond donors (Lipinski definition) is 1. The lowest BCUT2D eigenvalue weighted by atomic mass is 9.92. The lowest BCUT2D eigenvalue weighted by Crippen LogP contribution is -2.22. The van der Waals surface area contributed by atoms with Crippen LogP contribution in [-0.4, -0.2) is 10.8 Å². The monoisotopic (exact) mass is 284 g/mol.